The number of nitrogens with zero attached hydrogens (tertiary/aromatic N) is 2. The van der Waals surface area contributed by atoms with Gasteiger partial charge in [-0.25, -0.2) is 13.4 Å². The number of nitriles is 1. The van der Waals surface area contributed by atoms with E-state index in [0.717, 1.165) is 31.4 Å². The summed E-state index contributed by atoms with van der Waals surface area (Å²) in [5, 5.41) is 12.6. The molecule has 0 atom stereocenters. The minimum Gasteiger partial charge on any atom is -0.366 e. The molecule has 1 aromatic heterocycles. The lowest BCUT2D eigenvalue weighted by Crippen LogP contribution is -2.32. The van der Waals surface area contributed by atoms with E-state index < -0.39 is 9.84 Å². The monoisotopic (exact) mass is 305 g/mol. The number of hydrogen-bond acceptors (Lipinski definition) is 5. The van der Waals surface area contributed by atoms with E-state index in [1.807, 2.05) is 6.07 Å². The number of hydrogen-bond donors (Lipinski definition) is 1. The van der Waals surface area contributed by atoms with E-state index in [1.165, 1.54) is 5.56 Å². The molecule has 0 aromatic carbocycles. The van der Waals surface area contributed by atoms with Gasteiger partial charge in [-0.3, -0.25) is 0 Å². The summed E-state index contributed by atoms with van der Waals surface area (Å²) in [5.74, 6) is 1.07. The number of anilines is 1. The quantitative estimate of drug-likeness (QED) is 0.901. The van der Waals surface area contributed by atoms with Crippen molar-refractivity contribution in [3.05, 3.63) is 22.9 Å². The fourth-order valence-electron chi connectivity index (χ4n) is 3.06. The van der Waals surface area contributed by atoms with Crippen molar-refractivity contribution in [2.45, 2.75) is 44.6 Å². The third-order valence-electron chi connectivity index (χ3n) is 4.32. The van der Waals surface area contributed by atoms with Crippen LogP contribution in [0.1, 0.15) is 42.5 Å². The van der Waals surface area contributed by atoms with Gasteiger partial charge in [0.15, 0.2) is 0 Å². The van der Waals surface area contributed by atoms with Gasteiger partial charge >= 0.3 is 0 Å². The predicted molar refractivity (Wildman–Crippen MR) is 80.9 cm³/mol. The first-order valence-electron chi connectivity index (χ1n) is 7.47. The summed E-state index contributed by atoms with van der Waals surface area (Å²) < 4.78 is 22.9. The van der Waals surface area contributed by atoms with Crippen molar-refractivity contribution in [1.29, 1.82) is 5.26 Å². The van der Waals surface area contributed by atoms with Crippen LogP contribution >= 0.6 is 0 Å². The zero-order valence-electron chi connectivity index (χ0n) is 11.9. The standard InChI is InChI=1S/C15H19N3O2S/c16-10-12-9-11-3-1-2-4-14(11)18-15(12)17-13-5-7-21(19,20)8-6-13/h9,13H,1-8H2,(H,17,18). The molecule has 1 aromatic rings. The van der Waals surface area contributed by atoms with Crippen LogP contribution in [0, 0.1) is 11.3 Å². The fraction of sp³-hybridized carbons (Fsp3) is 0.600. The van der Waals surface area contributed by atoms with Gasteiger partial charge in [0.05, 0.1) is 17.1 Å². The average molecular weight is 305 g/mol. The van der Waals surface area contributed by atoms with Crippen molar-refractivity contribution >= 4 is 15.7 Å². The summed E-state index contributed by atoms with van der Waals surface area (Å²) >= 11 is 0. The Morgan fingerprint density at radius 1 is 1.24 bits per heavy atom. The van der Waals surface area contributed by atoms with E-state index in [1.54, 1.807) is 0 Å². The molecule has 0 spiro atoms. The van der Waals surface area contributed by atoms with E-state index in [-0.39, 0.29) is 17.5 Å². The van der Waals surface area contributed by atoms with Gasteiger partial charge in [-0.05, 0) is 50.2 Å². The zero-order valence-corrected chi connectivity index (χ0v) is 12.7. The number of sulfone groups is 1. The third-order valence-corrected chi connectivity index (χ3v) is 6.03. The van der Waals surface area contributed by atoms with E-state index in [9.17, 15) is 13.7 Å². The Balaban J connectivity index is 1.80. The molecule has 0 amide bonds. The summed E-state index contributed by atoms with van der Waals surface area (Å²) in [6, 6.07) is 4.25. The SMILES string of the molecule is N#Cc1cc2c(nc1NC1CCS(=O)(=O)CC1)CCCC2. The van der Waals surface area contributed by atoms with Crippen LogP contribution < -0.4 is 5.32 Å². The summed E-state index contributed by atoms with van der Waals surface area (Å²) in [4.78, 5) is 4.63. The highest BCUT2D eigenvalue weighted by molar-refractivity contribution is 7.91. The van der Waals surface area contributed by atoms with Crippen molar-refractivity contribution in [1.82, 2.24) is 4.98 Å². The van der Waals surface area contributed by atoms with Gasteiger partial charge in [0.1, 0.15) is 21.7 Å². The molecule has 1 fully saturated rings. The van der Waals surface area contributed by atoms with Crippen LogP contribution in [0.25, 0.3) is 0 Å². The highest BCUT2D eigenvalue weighted by Crippen LogP contribution is 2.26. The Morgan fingerprint density at radius 3 is 2.67 bits per heavy atom. The van der Waals surface area contributed by atoms with Crippen LogP contribution in [0.5, 0.6) is 0 Å². The number of nitrogens with one attached hydrogen (secondary N) is 1. The molecule has 5 nitrogen and oxygen atoms in total. The number of fused-ring (bicyclic) bond motifs is 1. The molecule has 1 aliphatic carbocycles. The molecular weight excluding hydrogens is 286 g/mol. The van der Waals surface area contributed by atoms with E-state index >= 15 is 0 Å². The summed E-state index contributed by atoms with van der Waals surface area (Å²) in [7, 11) is -2.86. The normalized spacial score (nSPS) is 21.3. The number of rotatable bonds is 2. The first-order valence-corrected chi connectivity index (χ1v) is 9.29. The molecule has 3 rings (SSSR count). The lowest BCUT2D eigenvalue weighted by atomic mass is 9.95. The van der Waals surface area contributed by atoms with Crippen molar-refractivity contribution in [3.63, 3.8) is 0 Å². The number of pyridine rings is 1. The number of aryl methyl sites for hydroxylation is 2. The van der Waals surface area contributed by atoms with Crippen LogP contribution in [0.3, 0.4) is 0 Å². The Hall–Kier alpha value is -1.61. The van der Waals surface area contributed by atoms with E-state index in [4.69, 9.17) is 0 Å². The molecule has 0 unspecified atom stereocenters. The van der Waals surface area contributed by atoms with Gasteiger partial charge in [0, 0.05) is 11.7 Å². The molecule has 0 saturated carbocycles. The molecule has 6 heteroatoms. The third kappa shape index (κ3) is 3.18. The maximum absolute atomic E-state index is 11.5. The second-order valence-corrected chi connectivity index (χ2v) is 8.18. The average Bonchev–Trinajstić information content (AvgIpc) is 2.48. The summed E-state index contributed by atoms with van der Waals surface area (Å²) in [6.45, 7) is 0. The number of aromatic nitrogens is 1. The molecule has 2 aliphatic rings. The van der Waals surface area contributed by atoms with Crippen LogP contribution in [-0.2, 0) is 22.7 Å². The molecule has 1 N–H and O–H groups in total. The zero-order chi connectivity index (χ0) is 14.9. The van der Waals surface area contributed by atoms with Crippen LogP contribution in [0.4, 0.5) is 5.82 Å². The topological polar surface area (TPSA) is 82.8 Å². The smallest absolute Gasteiger partial charge is 0.150 e. The van der Waals surface area contributed by atoms with Gasteiger partial charge in [0.25, 0.3) is 0 Å². The van der Waals surface area contributed by atoms with E-state index in [0.29, 0.717) is 24.2 Å². The highest BCUT2D eigenvalue weighted by Gasteiger charge is 2.25. The van der Waals surface area contributed by atoms with Gasteiger partial charge < -0.3 is 5.32 Å². The van der Waals surface area contributed by atoms with Crippen LogP contribution in [0.15, 0.2) is 6.07 Å². The summed E-state index contributed by atoms with van der Waals surface area (Å²) in [6.07, 6.45) is 5.45. The Bertz CT molecular complexity index is 678. The van der Waals surface area contributed by atoms with Gasteiger partial charge in [-0.15, -0.1) is 0 Å². The molecule has 0 radical (unpaired) electrons. The lowest BCUT2D eigenvalue weighted by molar-refractivity contribution is 0.558. The molecule has 1 saturated heterocycles. The second kappa shape index (κ2) is 5.64. The first-order chi connectivity index (χ1) is 10.1. The Kier molecular flexibility index (Phi) is 3.85. The van der Waals surface area contributed by atoms with Crippen molar-refractivity contribution in [2.75, 3.05) is 16.8 Å². The minimum atomic E-state index is -2.86. The first kappa shape index (κ1) is 14.3. The van der Waals surface area contributed by atoms with Gasteiger partial charge in [-0.1, -0.05) is 0 Å². The summed E-state index contributed by atoms with van der Waals surface area (Å²) in [5.41, 5.74) is 2.85. The fourth-order valence-corrected chi connectivity index (χ4v) is 4.55. The predicted octanol–water partition coefficient (Wildman–Crippen LogP) is 1.82. The maximum Gasteiger partial charge on any atom is 0.150 e. The van der Waals surface area contributed by atoms with Crippen LogP contribution in [0.2, 0.25) is 0 Å². The molecular formula is C15H19N3O2S. The molecule has 1 aliphatic heterocycles. The largest absolute Gasteiger partial charge is 0.366 e. The van der Waals surface area contributed by atoms with E-state index in [2.05, 4.69) is 16.4 Å². The van der Waals surface area contributed by atoms with Gasteiger partial charge in [-0.2, -0.15) is 5.26 Å². The minimum absolute atomic E-state index is 0.0924. The Morgan fingerprint density at radius 2 is 1.95 bits per heavy atom. The maximum atomic E-state index is 11.5. The van der Waals surface area contributed by atoms with Crippen molar-refractivity contribution in [2.24, 2.45) is 0 Å². The van der Waals surface area contributed by atoms with Gasteiger partial charge in [0.2, 0.25) is 0 Å². The molecule has 112 valence electrons. The molecule has 21 heavy (non-hydrogen) atoms. The van der Waals surface area contributed by atoms with Crippen molar-refractivity contribution < 1.29 is 8.42 Å². The molecule has 0 bridgehead atoms. The van der Waals surface area contributed by atoms with Crippen molar-refractivity contribution in [3.8, 4) is 6.07 Å². The lowest BCUT2D eigenvalue weighted by Gasteiger charge is -2.25. The second-order valence-electron chi connectivity index (χ2n) is 5.88. The molecule has 2 heterocycles. The van der Waals surface area contributed by atoms with Crippen LogP contribution in [-0.4, -0.2) is 30.9 Å². The Labute approximate surface area is 125 Å². The highest BCUT2D eigenvalue weighted by atomic mass is 32.2.